The Kier molecular flexibility index (Phi) is 6.07. The van der Waals surface area contributed by atoms with Gasteiger partial charge in [0.05, 0.1) is 12.3 Å². The van der Waals surface area contributed by atoms with Crippen molar-refractivity contribution < 1.29 is 4.79 Å². The van der Waals surface area contributed by atoms with Crippen molar-refractivity contribution in [1.82, 2.24) is 9.99 Å². The number of carbonyl (C=O) groups excluding carboxylic acids is 1. The largest absolute Gasteiger partial charge is 0.318 e. The molecule has 2 aromatic carbocycles. The first-order valence-corrected chi connectivity index (χ1v) is 9.53. The molecule has 0 aliphatic heterocycles. The minimum atomic E-state index is -0.895. The monoisotopic (exact) mass is 434 g/mol. The van der Waals surface area contributed by atoms with Gasteiger partial charge >= 0.3 is 0 Å². The summed E-state index contributed by atoms with van der Waals surface area (Å²) in [5.74, 6) is -1.35. The molecular formula is C22H19BrN4O. The van der Waals surface area contributed by atoms with Gasteiger partial charge in [-0.2, -0.15) is 10.4 Å². The number of hydrogen-bond donors (Lipinski definition) is 1. The molecule has 5 nitrogen and oxygen atoms in total. The summed E-state index contributed by atoms with van der Waals surface area (Å²) < 4.78 is 3.14. The highest BCUT2D eigenvalue weighted by molar-refractivity contribution is 9.10. The first-order valence-electron chi connectivity index (χ1n) is 8.73. The normalized spacial score (nSPS) is 11.9. The van der Waals surface area contributed by atoms with Gasteiger partial charge in [0.15, 0.2) is 5.92 Å². The van der Waals surface area contributed by atoms with Crippen LogP contribution in [-0.2, 0) is 4.79 Å². The van der Waals surface area contributed by atoms with E-state index in [0.717, 1.165) is 27.1 Å². The third kappa shape index (κ3) is 4.21. The zero-order valence-electron chi connectivity index (χ0n) is 15.6. The Balaban J connectivity index is 1.76. The van der Waals surface area contributed by atoms with Gasteiger partial charge in [0.25, 0.3) is 5.91 Å². The second-order valence-electron chi connectivity index (χ2n) is 6.35. The van der Waals surface area contributed by atoms with Gasteiger partial charge in [-0.1, -0.05) is 46.3 Å². The van der Waals surface area contributed by atoms with Crippen molar-refractivity contribution >= 4 is 28.1 Å². The molecule has 3 rings (SSSR count). The molecule has 0 saturated carbocycles. The molecule has 6 heteroatoms. The summed E-state index contributed by atoms with van der Waals surface area (Å²) in [7, 11) is 0. The molecule has 1 heterocycles. The lowest BCUT2D eigenvalue weighted by molar-refractivity contribution is -0.121. The molecule has 1 atom stereocenters. The van der Waals surface area contributed by atoms with Crippen molar-refractivity contribution in [1.29, 1.82) is 5.26 Å². The van der Waals surface area contributed by atoms with E-state index >= 15 is 0 Å². The van der Waals surface area contributed by atoms with E-state index in [0.29, 0.717) is 5.56 Å². The lowest BCUT2D eigenvalue weighted by atomic mass is 10.0. The van der Waals surface area contributed by atoms with Gasteiger partial charge in [-0.3, -0.25) is 4.79 Å². The van der Waals surface area contributed by atoms with Crippen molar-refractivity contribution in [3.63, 3.8) is 0 Å². The number of halogens is 1. The molecule has 1 N–H and O–H groups in total. The maximum absolute atomic E-state index is 12.3. The zero-order chi connectivity index (χ0) is 20.1. The minimum Gasteiger partial charge on any atom is -0.318 e. The lowest BCUT2D eigenvalue weighted by Crippen LogP contribution is -2.24. The quantitative estimate of drug-likeness (QED) is 0.470. The molecule has 28 heavy (non-hydrogen) atoms. The van der Waals surface area contributed by atoms with Crippen LogP contribution < -0.4 is 5.43 Å². The number of rotatable bonds is 5. The van der Waals surface area contributed by atoms with Gasteiger partial charge in [-0.25, -0.2) is 5.43 Å². The fraction of sp³-hybridized carbons (Fsp3) is 0.136. The highest BCUT2D eigenvalue weighted by atomic mass is 79.9. The number of carbonyl (C=O) groups is 1. The van der Waals surface area contributed by atoms with E-state index in [1.807, 2.05) is 56.3 Å². The number of nitriles is 1. The number of hydrogen-bond acceptors (Lipinski definition) is 3. The van der Waals surface area contributed by atoms with Crippen LogP contribution in [0.15, 0.2) is 70.2 Å². The molecule has 0 fully saturated rings. The summed E-state index contributed by atoms with van der Waals surface area (Å²) in [5, 5.41) is 13.4. The number of nitrogens with zero attached hydrogens (tertiary/aromatic N) is 3. The second-order valence-corrected chi connectivity index (χ2v) is 7.26. The Morgan fingerprint density at radius 3 is 2.50 bits per heavy atom. The average molecular weight is 435 g/mol. The van der Waals surface area contributed by atoms with Gasteiger partial charge < -0.3 is 4.57 Å². The van der Waals surface area contributed by atoms with E-state index in [4.69, 9.17) is 0 Å². The van der Waals surface area contributed by atoms with E-state index in [9.17, 15) is 10.1 Å². The van der Waals surface area contributed by atoms with Gasteiger partial charge in [-0.05, 0) is 49.7 Å². The van der Waals surface area contributed by atoms with Crippen LogP contribution in [0, 0.1) is 25.2 Å². The third-order valence-corrected chi connectivity index (χ3v) is 4.99. The second kappa shape index (κ2) is 8.68. The highest BCUT2D eigenvalue weighted by Gasteiger charge is 2.19. The predicted octanol–water partition coefficient (Wildman–Crippen LogP) is 4.61. The molecule has 0 saturated heterocycles. The van der Waals surface area contributed by atoms with Gasteiger partial charge in [-0.15, -0.1) is 0 Å². The Morgan fingerprint density at radius 2 is 1.86 bits per heavy atom. The fourth-order valence-electron chi connectivity index (χ4n) is 3.07. The molecular weight excluding hydrogens is 416 g/mol. The standard InChI is InChI=1S/C22H19BrN4O/c1-15-12-18(16(2)27(15)20-10-8-19(23)9-11-20)14-25-26-22(28)21(13-24)17-6-4-3-5-7-17/h3-12,14,21H,1-2H3,(H,26,28)/b25-14-/t21-/m0/s1. The van der Waals surface area contributed by atoms with E-state index in [1.54, 1.807) is 30.5 Å². The molecule has 3 aromatic rings. The van der Waals surface area contributed by atoms with Gasteiger partial charge in [0.2, 0.25) is 0 Å². The lowest BCUT2D eigenvalue weighted by Gasteiger charge is -2.09. The fourth-order valence-corrected chi connectivity index (χ4v) is 3.33. The molecule has 0 aliphatic carbocycles. The highest BCUT2D eigenvalue weighted by Crippen LogP contribution is 2.21. The number of benzene rings is 2. The van der Waals surface area contributed by atoms with Gasteiger partial charge in [0.1, 0.15) is 0 Å². The zero-order valence-corrected chi connectivity index (χ0v) is 17.1. The number of aromatic nitrogens is 1. The first-order chi connectivity index (χ1) is 13.5. The summed E-state index contributed by atoms with van der Waals surface area (Å²) in [6.07, 6.45) is 1.61. The van der Waals surface area contributed by atoms with Crippen LogP contribution in [0.2, 0.25) is 0 Å². The van der Waals surface area contributed by atoms with Crippen LogP contribution in [0.25, 0.3) is 5.69 Å². The van der Waals surface area contributed by atoms with Crippen LogP contribution in [0.5, 0.6) is 0 Å². The van der Waals surface area contributed by atoms with E-state index < -0.39 is 11.8 Å². The summed E-state index contributed by atoms with van der Waals surface area (Å²) in [5.41, 5.74) is 7.14. The molecule has 140 valence electrons. The summed E-state index contributed by atoms with van der Waals surface area (Å²) >= 11 is 3.45. The van der Waals surface area contributed by atoms with Gasteiger partial charge in [0, 0.05) is 27.1 Å². The summed E-state index contributed by atoms with van der Waals surface area (Å²) in [6, 6.07) is 21.0. The first kappa shape index (κ1) is 19.6. The summed E-state index contributed by atoms with van der Waals surface area (Å²) in [4.78, 5) is 12.3. The predicted molar refractivity (Wildman–Crippen MR) is 113 cm³/mol. The van der Waals surface area contributed by atoms with E-state index in [1.165, 1.54) is 0 Å². The minimum absolute atomic E-state index is 0.452. The molecule has 1 amide bonds. The number of aryl methyl sites for hydroxylation is 1. The van der Waals surface area contributed by atoms with Crippen LogP contribution >= 0.6 is 15.9 Å². The van der Waals surface area contributed by atoms with Crippen LogP contribution in [0.3, 0.4) is 0 Å². The molecule has 0 aliphatic rings. The van der Waals surface area contributed by atoms with Crippen molar-refractivity contribution in [3.05, 3.63) is 87.7 Å². The molecule has 0 radical (unpaired) electrons. The van der Waals surface area contributed by atoms with Crippen LogP contribution in [0.1, 0.15) is 28.4 Å². The maximum Gasteiger partial charge on any atom is 0.261 e. The number of nitrogens with one attached hydrogen (secondary N) is 1. The Hall–Kier alpha value is -3.17. The topological polar surface area (TPSA) is 70.2 Å². The Labute approximate surface area is 172 Å². The third-order valence-electron chi connectivity index (χ3n) is 4.46. The number of hydrazone groups is 1. The van der Waals surface area contributed by atoms with Crippen molar-refractivity contribution in [2.24, 2.45) is 5.10 Å². The van der Waals surface area contributed by atoms with Crippen molar-refractivity contribution in [2.45, 2.75) is 19.8 Å². The van der Waals surface area contributed by atoms with E-state index in [2.05, 4.69) is 31.0 Å². The maximum atomic E-state index is 12.3. The molecule has 0 bridgehead atoms. The number of amides is 1. The Morgan fingerprint density at radius 1 is 1.18 bits per heavy atom. The van der Waals surface area contributed by atoms with Crippen molar-refractivity contribution in [3.8, 4) is 11.8 Å². The molecule has 0 unspecified atom stereocenters. The molecule has 1 aromatic heterocycles. The van der Waals surface area contributed by atoms with Crippen LogP contribution in [0.4, 0.5) is 0 Å². The average Bonchev–Trinajstić information content (AvgIpc) is 2.97. The molecule has 0 spiro atoms. The van der Waals surface area contributed by atoms with Crippen molar-refractivity contribution in [2.75, 3.05) is 0 Å². The summed E-state index contributed by atoms with van der Waals surface area (Å²) in [6.45, 7) is 4.02. The van der Waals surface area contributed by atoms with E-state index in [-0.39, 0.29) is 0 Å². The Bertz CT molecular complexity index is 1050. The smallest absolute Gasteiger partial charge is 0.261 e. The van der Waals surface area contributed by atoms with Crippen LogP contribution in [-0.4, -0.2) is 16.7 Å². The SMILES string of the molecule is Cc1cc(/C=N\NC(=O)[C@@H](C#N)c2ccccc2)c(C)n1-c1ccc(Br)cc1.